The molecule has 0 fully saturated rings. The first-order valence-corrected chi connectivity index (χ1v) is 5.89. The monoisotopic (exact) mass is 277 g/mol. The van der Waals surface area contributed by atoms with Crippen molar-refractivity contribution < 1.29 is 8.81 Å². The molecule has 0 atom stereocenters. The van der Waals surface area contributed by atoms with Crippen molar-refractivity contribution in [1.82, 2.24) is 4.98 Å². The van der Waals surface area contributed by atoms with Gasteiger partial charge in [0.2, 0.25) is 0 Å². The molecule has 0 aliphatic heterocycles. The van der Waals surface area contributed by atoms with Crippen molar-refractivity contribution in [2.75, 3.05) is 11.1 Å². The van der Waals surface area contributed by atoms with Crippen LogP contribution in [-0.2, 0) is 0 Å². The highest BCUT2D eigenvalue weighted by Crippen LogP contribution is 2.28. The molecule has 1 aromatic heterocycles. The molecule has 0 aliphatic carbocycles. The molecular formula is C13H9ClFN3O. The summed E-state index contributed by atoms with van der Waals surface area (Å²) in [5.74, 6) is -0.556. The van der Waals surface area contributed by atoms with Gasteiger partial charge in [0.25, 0.3) is 6.01 Å². The van der Waals surface area contributed by atoms with E-state index in [-0.39, 0.29) is 16.7 Å². The summed E-state index contributed by atoms with van der Waals surface area (Å²) in [6, 6.07) is 10.0. The standard InChI is InChI=1S/C13H9ClFN3O/c14-7-3-1-5-9(11(7)15)17-13-18-12-8(16)4-2-6-10(12)19-13/h1-6H,16H2,(H,17,18). The largest absolute Gasteiger partial charge is 0.423 e. The topological polar surface area (TPSA) is 64.1 Å². The number of oxazole rings is 1. The van der Waals surface area contributed by atoms with Crippen molar-refractivity contribution >= 4 is 40.1 Å². The van der Waals surface area contributed by atoms with Crippen LogP contribution in [0.15, 0.2) is 40.8 Å². The van der Waals surface area contributed by atoms with Gasteiger partial charge >= 0.3 is 0 Å². The van der Waals surface area contributed by atoms with E-state index in [4.69, 9.17) is 21.8 Å². The zero-order chi connectivity index (χ0) is 13.4. The lowest BCUT2D eigenvalue weighted by Gasteiger charge is -2.03. The normalized spacial score (nSPS) is 10.8. The number of para-hydroxylation sites is 1. The minimum Gasteiger partial charge on any atom is -0.423 e. The van der Waals surface area contributed by atoms with Crippen LogP contribution in [0.4, 0.5) is 21.8 Å². The molecule has 1 heterocycles. The summed E-state index contributed by atoms with van der Waals surface area (Å²) in [7, 11) is 0. The van der Waals surface area contributed by atoms with Gasteiger partial charge in [0, 0.05) is 0 Å². The van der Waals surface area contributed by atoms with Crippen LogP contribution in [0.2, 0.25) is 5.02 Å². The molecule has 96 valence electrons. The summed E-state index contributed by atoms with van der Waals surface area (Å²) in [5, 5.41) is 2.77. The SMILES string of the molecule is Nc1cccc2oc(Nc3cccc(Cl)c3F)nc12. The van der Waals surface area contributed by atoms with E-state index in [2.05, 4.69) is 10.3 Å². The molecule has 0 saturated heterocycles. The quantitative estimate of drug-likeness (QED) is 0.696. The lowest BCUT2D eigenvalue weighted by atomic mass is 10.3. The first-order valence-electron chi connectivity index (χ1n) is 5.51. The highest BCUT2D eigenvalue weighted by atomic mass is 35.5. The highest BCUT2D eigenvalue weighted by molar-refractivity contribution is 6.31. The van der Waals surface area contributed by atoms with Crippen LogP contribution in [-0.4, -0.2) is 4.98 Å². The molecule has 2 aromatic carbocycles. The van der Waals surface area contributed by atoms with Crippen LogP contribution in [0.3, 0.4) is 0 Å². The van der Waals surface area contributed by atoms with Crippen molar-refractivity contribution in [2.45, 2.75) is 0 Å². The van der Waals surface area contributed by atoms with Crippen molar-refractivity contribution in [1.29, 1.82) is 0 Å². The smallest absolute Gasteiger partial charge is 0.300 e. The number of halogens is 2. The Bertz CT molecular complexity index is 757. The lowest BCUT2D eigenvalue weighted by molar-refractivity contribution is 0.612. The van der Waals surface area contributed by atoms with E-state index in [1.54, 1.807) is 30.3 Å². The Morgan fingerprint density at radius 2 is 2.00 bits per heavy atom. The van der Waals surface area contributed by atoms with E-state index in [0.29, 0.717) is 16.8 Å². The fourth-order valence-corrected chi connectivity index (χ4v) is 1.91. The molecule has 4 nitrogen and oxygen atoms in total. The van der Waals surface area contributed by atoms with Crippen LogP contribution >= 0.6 is 11.6 Å². The van der Waals surface area contributed by atoms with Crippen LogP contribution in [0, 0.1) is 5.82 Å². The summed E-state index contributed by atoms with van der Waals surface area (Å²) >= 11 is 5.70. The van der Waals surface area contributed by atoms with Crippen LogP contribution < -0.4 is 11.1 Å². The number of nitrogens with zero attached hydrogens (tertiary/aromatic N) is 1. The Balaban J connectivity index is 2.02. The van der Waals surface area contributed by atoms with Gasteiger partial charge in [-0.15, -0.1) is 0 Å². The Hall–Kier alpha value is -2.27. The minimum atomic E-state index is -0.556. The third kappa shape index (κ3) is 2.08. The van der Waals surface area contributed by atoms with E-state index < -0.39 is 5.82 Å². The molecule has 3 rings (SSSR count). The average molecular weight is 278 g/mol. The van der Waals surface area contributed by atoms with Gasteiger partial charge in [-0.2, -0.15) is 4.98 Å². The first-order chi connectivity index (χ1) is 9.15. The maximum Gasteiger partial charge on any atom is 0.300 e. The molecule has 0 unspecified atom stereocenters. The van der Waals surface area contributed by atoms with E-state index in [0.717, 1.165) is 0 Å². The van der Waals surface area contributed by atoms with Crippen molar-refractivity contribution in [2.24, 2.45) is 0 Å². The molecule has 0 amide bonds. The maximum absolute atomic E-state index is 13.7. The molecule has 3 aromatic rings. The van der Waals surface area contributed by atoms with Crippen LogP contribution in [0.1, 0.15) is 0 Å². The van der Waals surface area contributed by atoms with E-state index in [9.17, 15) is 4.39 Å². The number of benzene rings is 2. The Kier molecular flexibility index (Phi) is 2.76. The minimum absolute atomic E-state index is 0.0284. The van der Waals surface area contributed by atoms with Gasteiger partial charge in [0.15, 0.2) is 11.4 Å². The number of fused-ring (bicyclic) bond motifs is 1. The number of hydrogen-bond acceptors (Lipinski definition) is 4. The number of nitrogens with one attached hydrogen (secondary N) is 1. The molecule has 6 heteroatoms. The molecule has 3 N–H and O–H groups in total. The Morgan fingerprint density at radius 3 is 2.79 bits per heavy atom. The lowest BCUT2D eigenvalue weighted by Crippen LogP contribution is -1.94. The van der Waals surface area contributed by atoms with Crippen molar-refractivity contribution in [3.63, 3.8) is 0 Å². The van der Waals surface area contributed by atoms with Gasteiger partial charge in [-0.1, -0.05) is 23.7 Å². The number of hydrogen-bond donors (Lipinski definition) is 2. The molecule has 0 bridgehead atoms. The van der Waals surface area contributed by atoms with Crippen LogP contribution in [0.5, 0.6) is 0 Å². The molecule has 0 aliphatic rings. The van der Waals surface area contributed by atoms with Gasteiger partial charge in [0.05, 0.1) is 16.4 Å². The molecule has 0 radical (unpaired) electrons. The predicted octanol–water partition coefficient (Wildman–Crippen LogP) is 3.95. The number of anilines is 3. The molecular weight excluding hydrogens is 269 g/mol. The maximum atomic E-state index is 13.7. The summed E-state index contributed by atoms with van der Waals surface area (Å²) in [6.45, 7) is 0. The van der Waals surface area contributed by atoms with Gasteiger partial charge < -0.3 is 15.5 Å². The van der Waals surface area contributed by atoms with E-state index >= 15 is 0 Å². The third-order valence-electron chi connectivity index (χ3n) is 2.64. The molecule has 0 saturated carbocycles. The second kappa shape index (κ2) is 4.44. The van der Waals surface area contributed by atoms with Crippen LogP contribution in [0.25, 0.3) is 11.1 Å². The van der Waals surface area contributed by atoms with Gasteiger partial charge in [0.1, 0.15) is 5.52 Å². The summed E-state index contributed by atoms with van der Waals surface area (Å²) in [6.07, 6.45) is 0. The fourth-order valence-electron chi connectivity index (χ4n) is 1.74. The summed E-state index contributed by atoms with van der Waals surface area (Å²) < 4.78 is 19.2. The number of rotatable bonds is 2. The third-order valence-corrected chi connectivity index (χ3v) is 2.94. The fraction of sp³-hybridized carbons (Fsp3) is 0. The van der Waals surface area contributed by atoms with E-state index in [1.165, 1.54) is 6.07 Å². The summed E-state index contributed by atoms with van der Waals surface area (Å²) in [5.41, 5.74) is 7.53. The second-order valence-corrected chi connectivity index (χ2v) is 4.35. The number of nitrogens with two attached hydrogens (primary N) is 1. The molecule has 0 spiro atoms. The number of nitrogen functional groups attached to an aromatic ring is 1. The van der Waals surface area contributed by atoms with E-state index in [1.807, 2.05) is 0 Å². The van der Waals surface area contributed by atoms with Gasteiger partial charge in [-0.3, -0.25) is 0 Å². The average Bonchev–Trinajstić information content (AvgIpc) is 2.79. The predicted molar refractivity (Wildman–Crippen MR) is 73.1 cm³/mol. The van der Waals surface area contributed by atoms with Crippen molar-refractivity contribution in [3.05, 3.63) is 47.2 Å². The van der Waals surface area contributed by atoms with Gasteiger partial charge in [-0.05, 0) is 24.3 Å². The Labute approximate surface area is 113 Å². The number of aromatic nitrogens is 1. The summed E-state index contributed by atoms with van der Waals surface area (Å²) in [4.78, 5) is 4.17. The Morgan fingerprint density at radius 1 is 1.21 bits per heavy atom. The van der Waals surface area contributed by atoms with Crippen molar-refractivity contribution in [3.8, 4) is 0 Å². The second-order valence-electron chi connectivity index (χ2n) is 3.94. The molecule has 19 heavy (non-hydrogen) atoms. The zero-order valence-corrected chi connectivity index (χ0v) is 10.4. The van der Waals surface area contributed by atoms with Gasteiger partial charge in [-0.25, -0.2) is 4.39 Å². The highest BCUT2D eigenvalue weighted by Gasteiger charge is 2.11. The zero-order valence-electron chi connectivity index (χ0n) is 9.65. The first kappa shape index (κ1) is 11.8.